The molecule has 0 aliphatic heterocycles. The number of carbonyl (C=O) groups excluding carboxylic acids is 1. The van der Waals surface area contributed by atoms with Crippen molar-refractivity contribution in [3.05, 3.63) is 62.9 Å². The summed E-state index contributed by atoms with van der Waals surface area (Å²) in [6.07, 6.45) is 1.07. The highest BCUT2D eigenvalue weighted by atomic mass is 79.9. The largest absolute Gasteiger partial charge is 0.298 e. The van der Waals surface area contributed by atoms with Gasteiger partial charge in [0.1, 0.15) is 0 Å². The van der Waals surface area contributed by atoms with Crippen molar-refractivity contribution in [3.63, 3.8) is 0 Å². The summed E-state index contributed by atoms with van der Waals surface area (Å²) in [6.45, 7) is 0. The van der Waals surface area contributed by atoms with Crippen LogP contribution in [0, 0.1) is 0 Å². The third kappa shape index (κ3) is 4.32. The summed E-state index contributed by atoms with van der Waals surface area (Å²) in [5.41, 5.74) is 1.73. The minimum absolute atomic E-state index is 0.0294. The molecule has 0 spiro atoms. The van der Waals surface area contributed by atoms with E-state index in [9.17, 15) is 13.2 Å². The number of thiazole rings is 1. The fraction of sp³-hybridized carbons (Fsp3) is 0.0588. The van der Waals surface area contributed by atoms with Gasteiger partial charge in [-0.25, -0.2) is 13.4 Å². The lowest BCUT2D eigenvalue weighted by Crippen LogP contribution is -2.13. The Morgan fingerprint density at radius 2 is 1.88 bits per heavy atom. The van der Waals surface area contributed by atoms with Gasteiger partial charge in [-0.15, -0.1) is 11.3 Å². The molecule has 1 aromatic heterocycles. The van der Waals surface area contributed by atoms with E-state index < -0.39 is 15.7 Å². The first kappa shape index (κ1) is 19.0. The highest BCUT2D eigenvalue weighted by Crippen LogP contribution is 2.27. The van der Waals surface area contributed by atoms with Crippen LogP contribution < -0.4 is 5.32 Å². The Morgan fingerprint density at radius 1 is 1.19 bits per heavy atom. The number of rotatable bonds is 4. The first-order valence-electron chi connectivity index (χ1n) is 7.26. The molecule has 0 saturated heterocycles. The molecule has 134 valence electrons. The third-order valence-corrected chi connectivity index (χ3v) is 6.20. The molecule has 26 heavy (non-hydrogen) atoms. The molecule has 0 bridgehead atoms. The maximum atomic E-state index is 12.5. The fourth-order valence-electron chi connectivity index (χ4n) is 2.16. The van der Waals surface area contributed by atoms with Gasteiger partial charge in [0.2, 0.25) is 0 Å². The Hall–Kier alpha value is -1.74. The van der Waals surface area contributed by atoms with Gasteiger partial charge in [-0.3, -0.25) is 10.1 Å². The van der Waals surface area contributed by atoms with E-state index in [4.69, 9.17) is 11.6 Å². The summed E-state index contributed by atoms with van der Waals surface area (Å²) >= 11 is 10.7. The van der Waals surface area contributed by atoms with E-state index in [1.54, 1.807) is 0 Å². The van der Waals surface area contributed by atoms with Gasteiger partial charge in [-0.05, 0) is 30.3 Å². The fourth-order valence-corrected chi connectivity index (χ4v) is 3.99. The van der Waals surface area contributed by atoms with E-state index in [1.807, 2.05) is 29.6 Å². The SMILES string of the molecule is CS(=O)(=O)c1ccc(Cl)c(C(=O)Nc2nc(-c3ccc(Br)cc3)cs2)c1. The number of nitrogens with zero attached hydrogens (tertiary/aromatic N) is 1. The van der Waals surface area contributed by atoms with Crippen LogP contribution in [0.1, 0.15) is 10.4 Å². The van der Waals surface area contributed by atoms with Crippen LogP contribution in [0.2, 0.25) is 5.02 Å². The molecule has 1 N–H and O–H groups in total. The van der Waals surface area contributed by atoms with Gasteiger partial charge < -0.3 is 0 Å². The van der Waals surface area contributed by atoms with Crippen molar-refractivity contribution in [2.45, 2.75) is 4.90 Å². The van der Waals surface area contributed by atoms with Crippen molar-refractivity contribution in [1.82, 2.24) is 4.98 Å². The summed E-state index contributed by atoms with van der Waals surface area (Å²) in [5, 5.41) is 5.05. The van der Waals surface area contributed by atoms with Crippen molar-refractivity contribution >= 4 is 59.7 Å². The quantitative estimate of drug-likeness (QED) is 0.588. The van der Waals surface area contributed by atoms with E-state index in [2.05, 4.69) is 26.2 Å². The standard InChI is InChI=1S/C17H12BrClN2O3S2/c1-26(23,24)12-6-7-14(19)13(8-12)16(22)21-17-20-15(9-25-17)10-2-4-11(18)5-3-10/h2-9H,1H3,(H,20,21,22). The molecular weight excluding hydrogens is 460 g/mol. The number of benzene rings is 2. The molecule has 0 atom stereocenters. The molecule has 0 fully saturated rings. The molecule has 0 radical (unpaired) electrons. The summed E-state index contributed by atoms with van der Waals surface area (Å²) in [6, 6.07) is 11.7. The van der Waals surface area contributed by atoms with Crippen LogP contribution in [0.4, 0.5) is 5.13 Å². The van der Waals surface area contributed by atoms with Crippen LogP contribution in [0.15, 0.2) is 57.2 Å². The van der Waals surface area contributed by atoms with Crippen LogP contribution in [-0.4, -0.2) is 25.6 Å². The summed E-state index contributed by atoms with van der Waals surface area (Å²) < 4.78 is 24.3. The molecule has 3 rings (SSSR count). The zero-order valence-corrected chi connectivity index (χ0v) is 17.3. The second-order valence-electron chi connectivity index (χ2n) is 5.41. The molecule has 2 aromatic carbocycles. The molecule has 3 aromatic rings. The number of nitrogens with one attached hydrogen (secondary N) is 1. The lowest BCUT2D eigenvalue weighted by Gasteiger charge is -2.06. The summed E-state index contributed by atoms with van der Waals surface area (Å²) in [5.74, 6) is -0.516. The maximum Gasteiger partial charge on any atom is 0.259 e. The first-order chi connectivity index (χ1) is 12.2. The Kier molecular flexibility index (Phi) is 5.47. The van der Waals surface area contributed by atoms with Crippen molar-refractivity contribution < 1.29 is 13.2 Å². The molecular formula is C17H12BrClN2O3S2. The van der Waals surface area contributed by atoms with E-state index in [-0.39, 0.29) is 15.5 Å². The zero-order chi connectivity index (χ0) is 18.9. The lowest BCUT2D eigenvalue weighted by atomic mass is 10.2. The predicted molar refractivity (Wildman–Crippen MR) is 108 cm³/mol. The first-order valence-corrected chi connectivity index (χ1v) is 11.2. The van der Waals surface area contributed by atoms with Crippen molar-refractivity contribution in [2.75, 3.05) is 11.6 Å². The minimum atomic E-state index is -3.44. The van der Waals surface area contributed by atoms with Gasteiger partial charge in [0.25, 0.3) is 5.91 Å². The highest BCUT2D eigenvalue weighted by molar-refractivity contribution is 9.10. The number of amides is 1. The van der Waals surface area contributed by atoms with Gasteiger partial charge in [0.15, 0.2) is 15.0 Å². The van der Waals surface area contributed by atoms with Gasteiger partial charge in [-0.1, -0.05) is 39.7 Å². The molecule has 1 amide bonds. The predicted octanol–water partition coefficient (Wildman–Crippen LogP) is 4.88. The number of sulfone groups is 1. The molecule has 0 aliphatic rings. The molecule has 9 heteroatoms. The molecule has 1 heterocycles. The Morgan fingerprint density at radius 3 is 2.54 bits per heavy atom. The number of halogens is 2. The smallest absolute Gasteiger partial charge is 0.259 e. The Balaban J connectivity index is 1.84. The average Bonchev–Trinajstić information content (AvgIpc) is 3.03. The van der Waals surface area contributed by atoms with Crippen LogP contribution in [0.3, 0.4) is 0 Å². The summed E-state index contributed by atoms with van der Waals surface area (Å²) in [7, 11) is -3.44. The maximum absolute atomic E-state index is 12.5. The number of carbonyl (C=O) groups is 1. The lowest BCUT2D eigenvalue weighted by molar-refractivity contribution is 0.102. The number of hydrogen-bond donors (Lipinski definition) is 1. The van der Waals surface area contributed by atoms with Gasteiger partial charge >= 0.3 is 0 Å². The molecule has 0 saturated carbocycles. The van der Waals surface area contributed by atoms with E-state index in [0.717, 1.165) is 22.0 Å². The van der Waals surface area contributed by atoms with Crippen LogP contribution >= 0.6 is 38.9 Å². The van der Waals surface area contributed by atoms with E-state index in [0.29, 0.717) is 5.13 Å². The normalized spacial score (nSPS) is 11.3. The average molecular weight is 472 g/mol. The number of aromatic nitrogens is 1. The number of hydrogen-bond acceptors (Lipinski definition) is 5. The van der Waals surface area contributed by atoms with E-state index >= 15 is 0 Å². The monoisotopic (exact) mass is 470 g/mol. The van der Waals surface area contributed by atoms with Gasteiger partial charge in [0.05, 0.1) is 21.2 Å². The molecule has 0 aliphatic carbocycles. The van der Waals surface area contributed by atoms with Crippen molar-refractivity contribution in [1.29, 1.82) is 0 Å². The van der Waals surface area contributed by atoms with Crippen LogP contribution in [0.25, 0.3) is 11.3 Å². The zero-order valence-electron chi connectivity index (χ0n) is 13.4. The van der Waals surface area contributed by atoms with Crippen molar-refractivity contribution in [2.24, 2.45) is 0 Å². The minimum Gasteiger partial charge on any atom is -0.298 e. The third-order valence-electron chi connectivity index (χ3n) is 3.48. The molecule has 5 nitrogen and oxygen atoms in total. The highest BCUT2D eigenvalue weighted by Gasteiger charge is 2.17. The van der Waals surface area contributed by atoms with E-state index in [1.165, 1.54) is 29.5 Å². The van der Waals surface area contributed by atoms with Crippen LogP contribution in [-0.2, 0) is 9.84 Å². The summed E-state index contributed by atoms with van der Waals surface area (Å²) in [4.78, 5) is 16.9. The second kappa shape index (κ2) is 7.48. The molecule has 0 unspecified atom stereocenters. The van der Waals surface area contributed by atoms with Gasteiger partial charge in [0, 0.05) is 21.7 Å². The number of anilines is 1. The van der Waals surface area contributed by atoms with Crippen molar-refractivity contribution in [3.8, 4) is 11.3 Å². The topological polar surface area (TPSA) is 76.1 Å². The van der Waals surface area contributed by atoms with Gasteiger partial charge in [-0.2, -0.15) is 0 Å². The van der Waals surface area contributed by atoms with Crippen LogP contribution in [0.5, 0.6) is 0 Å². The Bertz CT molecular complexity index is 1080. The second-order valence-corrected chi connectivity index (χ2v) is 9.61. The Labute approximate surface area is 168 Å².